The van der Waals surface area contributed by atoms with Gasteiger partial charge in [0.2, 0.25) is 5.91 Å². The van der Waals surface area contributed by atoms with Gasteiger partial charge in [-0.1, -0.05) is 0 Å². The monoisotopic (exact) mass is 467 g/mol. The zero-order chi connectivity index (χ0) is 24.4. The number of hydrogen-bond acceptors (Lipinski definition) is 5. The summed E-state index contributed by atoms with van der Waals surface area (Å²) < 4.78 is 7.37. The van der Waals surface area contributed by atoms with Gasteiger partial charge >= 0.3 is 0 Å². The molecule has 1 aromatic heterocycles. The zero-order valence-electron chi connectivity index (χ0n) is 20.3. The van der Waals surface area contributed by atoms with Gasteiger partial charge in [-0.25, -0.2) is 0 Å². The molecule has 1 saturated heterocycles. The predicted molar refractivity (Wildman–Crippen MR) is 128 cm³/mol. The molecule has 1 unspecified atom stereocenters. The number of aryl methyl sites for hydroxylation is 2. The van der Waals surface area contributed by atoms with E-state index in [4.69, 9.17) is 4.74 Å². The van der Waals surface area contributed by atoms with Gasteiger partial charge in [0.15, 0.2) is 6.61 Å². The molecule has 34 heavy (non-hydrogen) atoms. The number of carbonyl (C=O) groups is 3. The maximum Gasteiger partial charge on any atom is 0.264 e. The van der Waals surface area contributed by atoms with Crippen molar-refractivity contribution < 1.29 is 19.1 Å². The van der Waals surface area contributed by atoms with Gasteiger partial charge in [0.25, 0.3) is 11.8 Å². The average molecular weight is 468 g/mol. The highest BCUT2D eigenvalue weighted by Crippen LogP contribution is 2.32. The molecule has 0 spiro atoms. The molecule has 3 amide bonds. The number of nitrogens with one attached hydrogen (secondary N) is 1. The fourth-order valence-electron chi connectivity index (χ4n) is 4.69. The Kier molecular flexibility index (Phi) is 6.90. The van der Waals surface area contributed by atoms with Gasteiger partial charge in [-0.05, 0) is 63.8 Å². The molecule has 0 radical (unpaired) electrons. The Bertz CT molecular complexity index is 1090. The fourth-order valence-corrected chi connectivity index (χ4v) is 4.69. The number of aromatic nitrogens is 2. The van der Waals surface area contributed by atoms with Crippen molar-refractivity contribution >= 4 is 23.4 Å². The summed E-state index contributed by atoms with van der Waals surface area (Å²) in [4.78, 5) is 40.9. The van der Waals surface area contributed by atoms with Crippen LogP contribution in [0.4, 0.5) is 5.69 Å². The van der Waals surface area contributed by atoms with Crippen molar-refractivity contribution in [1.29, 1.82) is 0 Å². The smallest absolute Gasteiger partial charge is 0.264 e. The minimum absolute atomic E-state index is 0.00910. The number of amides is 3. The van der Waals surface area contributed by atoms with Crippen molar-refractivity contribution in [2.75, 3.05) is 31.6 Å². The topological polar surface area (TPSA) is 96.8 Å². The summed E-state index contributed by atoms with van der Waals surface area (Å²) in [7, 11) is 1.69. The van der Waals surface area contributed by atoms with Gasteiger partial charge in [0.05, 0.1) is 17.9 Å². The molecule has 2 aliphatic rings. The van der Waals surface area contributed by atoms with E-state index in [1.54, 1.807) is 25.2 Å². The lowest BCUT2D eigenvalue weighted by Crippen LogP contribution is -2.41. The normalized spacial score (nSPS) is 17.2. The van der Waals surface area contributed by atoms with E-state index in [9.17, 15) is 14.4 Å². The first-order valence-corrected chi connectivity index (χ1v) is 11.8. The Morgan fingerprint density at radius 3 is 2.62 bits per heavy atom. The standard InChI is InChI=1S/C25H33N5O4/c1-16-11-18(3)30(27-16)14-17(2)26-23(31)12-19-7-9-29(10-8-19)25(33)20-5-6-22-21(13-20)28(4)24(32)15-34-22/h5-6,11,13,17,19H,7-10,12,14-15H2,1-4H3,(H,26,31). The highest BCUT2D eigenvalue weighted by Gasteiger charge is 2.28. The van der Waals surface area contributed by atoms with Gasteiger partial charge in [-0.15, -0.1) is 0 Å². The molecule has 2 aliphatic heterocycles. The van der Waals surface area contributed by atoms with E-state index >= 15 is 0 Å². The lowest BCUT2D eigenvalue weighted by Gasteiger charge is -2.32. The first kappa shape index (κ1) is 23.8. The van der Waals surface area contributed by atoms with E-state index in [1.807, 2.05) is 36.4 Å². The summed E-state index contributed by atoms with van der Waals surface area (Å²) in [6, 6.07) is 7.23. The third kappa shape index (κ3) is 5.24. The second kappa shape index (κ2) is 9.87. The Balaban J connectivity index is 1.26. The van der Waals surface area contributed by atoms with Crippen LogP contribution in [0.2, 0.25) is 0 Å². The van der Waals surface area contributed by atoms with Crippen LogP contribution < -0.4 is 15.0 Å². The van der Waals surface area contributed by atoms with Crippen LogP contribution in [0.5, 0.6) is 5.75 Å². The second-order valence-corrected chi connectivity index (χ2v) is 9.44. The summed E-state index contributed by atoms with van der Waals surface area (Å²) in [6.45, 7) is 7.85. The first-order chi connectivity index (χ1) is 16.2. The van der Waals surface area contributed by atoms with E-state index in [1.165, 1.54) is 4.90 Å². The van der Waals surface area contributed by atoms with Gasteiger partial charge in [-0.3, -0.25) is 19.1 Å². The number of anilines is 1. The summed E-state index contributed by atoms with van der Waals surface area (Å²) in [5.41, 5.74) is 3.21. The van der Waals surface area contributed by atoms with Crippen molar-refractivity contribution in [3.63, 3.8) is 0 Å². The van der Waals surface area contributed by atoms with E-state index in [0.29, 0.717) is 43.1 Å². The van der Waals surface area contributed by atoms with Gasteiger partial charge < -0.3 is 19.9 Å². The molecule has 0 bridgehead atoms. The average Bonchev–Trinajstić information content (AvgIpc) is 3.12. The minimum Gasteiger partial charge on any atom is -0.482 e. The summed E-state index contributed by atoms with van der Waals surface area (Å²) >= 11 is 0. The molecule has 2 aromatic rings. The molecular weight excluding hydrogens is 434 g/mol. The molecule has 1 aromatic carbocycles. The van der Waals surface area contributed by atoms with E-state index in [0.717, 1.165) is 24.2 Å². The van der Waals surface area contributed by atoms with Gasteiger partial charge in [0.1, 0.15) is 5.75 Å². The van der Waals surface area contributed by atoms with Gasteiger partial charge in [0, 0.05) is 43.9 Å². The number of benzene rings is 1. The van der Waals surface area contributed by atoms with Crippen molar-refractivity contribution in [3.05, 3.63) is 41.2 Å². The van der Waals surface area contributed by atoms with Crippen LogP contribution in [-0.2, 0) is 16.1 Å². The largest absolute Gasteiger partial charge is 0.482 e. The lowest BCUT2D eigenvalue weighted by atomic mass is 9.92. The van der Waals surface area contributed by atoms with Crippen LogP contribution in [0, 0.1) is 19.8 Å². The Morgan fingerprint density at radius 2 is 1.94 bits per heavy atom. The van der Waals surface area contributed by atoms with Crippen LogP contribution >= 0.6 is 0 Å². The molecule has 3 heterocycles. The first-order valence-electron chi connectivity index (χ1n) is 11.8. The van der Waals surface area contributed by atoms with E-state index < -0.39 is 0 Å². The van der Waals surface area contributed by atoms with Crippen molar-refractivity contribution in [2.45, 2.75) is 52.6 Å². The number of likely N-dealkylation sites (tertiary alicyclic amines) is 1. The summed E-state index contributed by atoms with van der Waals surface area (Å²) in [5, 5.41) is 7.54. The number of hydrogen-bond donors (Lipinski definition) is 1. The van der Waals surface area contributed by atoms with Crippen LogP contribution in [-0.4, -0.2) is 65.2 Å². The number of piperidine rings is 1. The highest BCUT2D eigenvalue weighted by atomic mass is 16.5. The highest BCUT2D eigenvalue weighted by molar-refractivity contribution is 6.01. The summed E-state index contributed by atoms with van der Waals surface area (Å²) in [5.74, 6) is 0.707. The van der Waals surface area contributed by atoms with Crippen LogP contribution in [0.15, 0.2) is 24.3 Å². The summed E-state index contributed by atoms with van der Waals surface area (Å²) in [6.07, 6.45) is 2.04. The number of fused-ring (bicyclic) bond motifs is 1. The molecule has 1 atom stereocenters. The number of carbonyl (C=O) groups excluding carboxylic acids is 3. The molecule has 4 rings (SSSR count). The number of rotatable bonds is 6. The van der Waals surface area contributed by atoms with Crippen molar-refractivity contribution in [1.82, 2.24) is 20.0 Å². The quantitative estimate of drug-likeness (QED) is 0.703. The molecule has 182 valence electrons. The SMILES string of the molecule is Cc1cc(C)n(CC(C)NC(=O)CC2CCN(C(=O)c3ccc4c(c3)N(C)C(=O)CO4)CC2)n1. The van der Waals surface area contributed by atoms with Crippen molar-refractivity contribution in [3.8, 4) is 5.75 Å². The van der Waals surface area contributed by atoms with Crippen LogP contribution in [0.3, 0.4) is 0 Å². The molecule has 0 saturated carbocycles. The Hall–Kier alpha value is -3.36. The third-order valence-corrected chi connectivity index (χ3v) is 6.63. The zero-order valence-corrected chi connectivity index (χ0v) is 20.3. The van der Waals surface area contributed by atoms with E-state index in [-0.39, 0.29) is 36.3 Å². The molecular formula is C25H33N5O4. The number of nitrogens with zero attached hydrogens (tertiary/aromatic N) is 4. The van der Waals surface area contributed by atoms with Gasteiger partial charge in [-0.2, -0.15) is 5.10 Å². The predicted octanol–water partition coefficient (Wildman–Crippen LogP) is 2.30. The number of likely N-dealkylation sites (N-methyl/N-ethyl adjacent to an activating group) is 1. The van der Waals surface area contributed by atoms with Crippen molar-refractivity contribution in [2.24, 2.45) is 5.92 Å². The van der Waals surface area contributed by atoms with E-state index in [2.05, 4.69) is 10.4 Å². The number of ether oxygens (including phenoxy) is 1. The molecule has 1 fully saturated rings. The molecule has 1 N–H and O–H groups in total. The molecule has 0 aliphatic carbocycles. The molecule has 9 heteroatoms. The van der Waals surface area contributed by atoms with Crippen LogP contribution in [0.25, 0.3) is 0 Å². The Morgan fingerprint density at radius 1 is 1.21 bits per heavy atom. The fraction of sp³-hybridized carbons (Fsp3) is 0.520. The second-order valence-electron chi connectivity index (χ2n) is 9.44. The Labute approximate surface area is 200 Å². The minimum atomic E-state index is -0.139. The lowest BCUT2D eigenvalue weighted by molar-refractivity contribution is -0.123. The molecule has 9 nitrogen and oxygen atoms in total. The maximum atomic E-state index is 13.0. The third-order valence-electron chi connectivity index (χ3n) is 6.63. The van der Waals surface area contributed by atoms with Crippen LogP contribution in [0.1, 0.15) is 47.9 Å². The maximum absolute atomic E-state index is 13.0.